The molecule has 4 nitrogen and oxygen atoms in total. The summed E-state index contributed by atoms with van der Waals surface area (Å²) in [4.78, 5) is 16.7. The van der Waals surface area contributed by atoms with Crippen LogP contribution in [0.3, 0.4) is 0 Å². The first-order valence-corrected chi connectivity index (χ1v) is 10.3. The molecular formula is C22H25N3OS. The van der Waals surface area contributed by atoms with Crippen LogP contribution in [0.15, 0.2) is 66.1 Å². The predicted octanol–water partition coefficient (Wildman–Crippen LogP) is 4.41. The molecule has 2 aromatic carbocycles. The SMILES string of the molecule is CCc1cccc(CC)c1-n1ccnc1SCC(=O)NCc1ccccc1. The van der Waals surface area contributed by atoms with Gasteiger partial charge in [-0.15, -0.1) is 0 Å². The number of para-hydroxylation sites is 1. The third kappa shape index (κ3) is 4.80. The predicted molar refractivity (Wildman–Crippen MR) is 111 cm³/mol. The molecule has 0 unspecified atom stereocenters. The summed E-state index contributed by atoms with van der Waals surface area (Å²) in [7, 11) is 0. The van der Waals surface area contributed by atoms with E-state index in [2.05, 4.69) is 46.9 Å². The van der Waals surface area contributed by atoms with Crippen molar-refractivity contribution in [3.63, 3.8) is 0 Å². The molecule has 3 rings (SSSR count). The van der Waals surface area contributed by atoms with E-state index in [1.54, 1.807) is 6.20 Å². The van der Waals surface area contributed by atoms with Crippen molar-refractivity contribution in [1.29, 1.82) is 0 Å². The van der Waals surface area contributed by atoms with Crippen molar-refractivity contribution < 1.29 is 4.79 Å². The zero-order valence-electron chi connectivity index (χ0n) is 15.8. The van der Waals surface area contributed by atoms with Crippen LogP contribution >= 0.6 is 11.8 Å². The maximum absolute atomic E-state index is 12.2. The number of carbonyl (C=O) groups excluding carboxylic acids is 1. The second-order valence-corrected chi connectivity index (χ2v) is 7.21. The van der Waals surface area contributed by atoms with Gasteiger partial charge in [-0.05, 0) is 29.5 Å². The molecule has 0 aliphatic heterocycles. The molecule has 1 heterocycles. The Kier molecular flexibility index (Phi) is 6.71. The molecule has 5 heteroatoms. The van der Waals surface area contributed by atoms with Crippen LogP contribution in [0.5, 0.6) is 0 Å². The van der Waals surface area contributed by atoms with E-state index in [0.717, 1.165) is 23.6 Å². The molecule has 0 radical (unpaired) electrons. The largest absolute Gasteiger partial charge is 0.351 e. The Morgan fingerprint density at radius 3 is 2.41 bits per heavy atom. The van der Waals surface area contributed by atoms with E-state index < -0.39 is 0 Å². The molecule has 1 amide bonds. The maximum Gasteiger partial charge on any atom is 0.230 e. The Balaban J connectivity index is 1.68. The summed E-state index contributed by atoms with van der Waals surface area (Å²) in [5, 5.41) is 3.82. The number of aryl methyl sites for hydroxylation is 2. The zero-order chi connectivity index (χ0) is 19.1. The lowest BCUT2D eigenvalue weighted by molar-refractivity contribution is -0.118. The maximum atomic E-state index is 12.2. The zero-order valence-corrected chi connectivity index (χ0v) is 16.6. The van der Waals surface area contributed by atoms with E-state index in [4.69, 9.17) is 0 Å². The lowest BCUT2D eigenvalue weighted by atomic mass is 10.0. The Labute approximate surface area is 165 Å². The number of rotatable bonds is 8. The molecule has 1 aromatic heterocycles. The lowest BCUT2D eigenvalue weighted by Crippen LogP contribution is -2.24. The van der Waals surface area contributed by atoms with Gasteiger partial charge >= 0.3 is 0 Å². The van der Waals surface area contributed by atoms with Crippen LogP contribution in [0.25, 0.3) is 5.69 Å². The normalized spacial score (nSPS) is 10.7. The molecule has 0 aliphatic carbocycles. The molecule has 0 bridgehead atoms. The van der Waals surface area contributed by atoms with Crippen LogP contribution in [0.4, 0.5) is 0 Å². The molecule has 0 fully saturated rings. The quantitative estimate of drug-likeness (QED) is 0.590. The number of imidazole rings is 1. The Morgan fingerprint density at radius 2 is 1.74 bits per heavy atom. The summed E-state index contributed by atoms with van der Waals surface area (Å²) in [5.74, 6) is 0.359. The third-order valence-electron chi connectivity index (χ3n) is 4.48. The number of nitrogens with zero attached hydrogens (tertiary/aromatic N) is 2. The van der Waals surface area contributed by atoms with Gasteiger partial charge < -0.3 is 5.32 Å². The highest BCUT2D eigenvalue weighted by atomic mass is 32.2. The van der Waals surface area contributed by atoms with E-state index in [0.29, 0.717) is 12.3 Å². The number of carbonyl (C=O) groups is 1. The standard InChI is InChI=1S/C22H25N3OS/c1-3-18-11-8-12-19(4-2)21(18)25-14-13-23-22(25)27-16-20(26)24-15-17-9-6-5-7-10-17/h5-14H,3-4,15-16H2,1-2H3,(H,24,26). The molecule has 140 valence electrons. The summed E-state index contributed by atoms with van der Waals surface area (Å²) in [5.41, 5.74) is 4.89. The van der Waals surface area contributed by atoms with Gasteiger partial charge in [-0.3, -0.25) is 9.36 Å². The van der Waals surface area contributed by atoms with E-state index in [1.807, 2.05) is 36.5 Å². The highest BCUT2D eigenvalue weighted by Crippen LogP contribution is 2.26. The fourth-order valence-corrected chi connectivity index (χ4v) is 3.86. The fourth-order valence-electron chi connectivity index (χ4n) is 3.07. The van der Waals surface area contributed by atoms with Crippen molar-refractivity contribution in [2.45, 2.75) is 38.4 Å². The van der Waals surface area contributed by atoms with Crippen molar-refractivity contribution in [1.82, 2.24) is 14.9 Å². The summed E-state index contributed by atoms with van der Waals surface area (Å²) >= 11 is 1.47. The topological polar surface area (TPSA) is 46.9 Å². The van der Waals surface area contributed by atoms with Crippen LogP contribution in [-0.2, 0) is 24.2 Å². The van der Waals surface area contributed by atoms with Crippen molar-refractivity contribution in [3.05, 3.63) is 77.6 Å². The minimum Gasteiger partial charge on any atom is -0.351 e. The van der Waals surface area contributed by atoms with Gasteiger partial charge in [-0.25, -0.2) is 4.98 Å². The van der Waals surface area contributed by atoms with Gasteiger partial charge in [0.05, 0.1) is 11.4 Å². The number of amides is 1. The second-order valence-electron chi connectivity index (χ2n) is 6.26. The van der Waals surface area contributed by atoms with Gasteiger partial charge in [-0.2, -0.15) is 0 Å². The Morgan fingerprint density at radius 1 is 1.04 bits per heavy atom. The summed E-state index contributed by atoms with van der Waals surface area (Å²) < 4.78 is 2.12. The molecule has 0 spiro atoms. The Hall–Kier alpha value is -2.53. The van der Waals surface area contributed by atoms with Crippen LogP contribution in [0, 0.1) is 0 Å². The van der Waals surface area contributed by atoms with Crippen molar-refractivity contribution in [3.8, 4) is 5.69 Å². The average molecular weight is 380 g/mol. The monoisotopic (exact) mass is 379 g/mol. The van der Waals surface area contributed by atoms with Gasteiger partial charge in [0.25, 0.3) is 0 Å². The first-order valence-electron chi connectivity index (χ1n) is 9.30. The highest BCUT2D eigenvalue weighted by molar-refractivity contribution is 7.99. The van der Waals surface area contributed by atoms with Gasteiger partial charge in [0.15, 0.2) is 5.16 Å². The molecule has 1 N–H and O–H groups in total. The lowest BCUT2D eigenvalue weighted by Gasteiger charge is -2.16. The van der Waals surface area contributed by atoms with Gasteiger partial charge in [0, 0.05) is 18.9 Å². The molecule has 27 heavy (non-hydrogen) atoms. The van der Waals surface area contributed by atoms with E-state index in [-0.39, 0.29) is 5.91 Å². The summed E-state index contributed by atoms with van der Waals surface area (Å²) in [6.07, 6.45) is 5.71. The van der Waals surface area contributed by atoms with E-state index >= 15 is 0 Å². The molecule has 3 aromatic rings. The van der Waals surface area contributed by atoms with Crippen LogP contribution in [-0.4, -0.2) is 21.2 Å². The van der Waals surface area contributed by atoms with E-state index in [1.165, 1.54) is 28.6 Å². The molecule has 0 saturated heterocycles. The van der Waals surface area contributed by atoms with Gasteiger partial charge in [-0.1, -0.05) is 74.1 Å². The first kappa shape index (κ1) is 19.2. The third-order valence-corrected chi connectivity index (χ3v) is 5.44. The summed E-state index contributed by atoms with van der Waals surface area (Å²) in [6.45, 7) is 4.88. The molecule has 0 aliphatic rings. The van der Waals surface area contributed by atoms with Crippen LogP contribution < -0.4 is 5.32 Å². The Bertz CT molecular complexity index is 867. The van der Waals surface area contributed by atoms with Crippen molar-refractivity contribution >= 4 is 17.7 Å². The number of hydrogen-bond donors (Lipinski definition) is 1. The molecular weight excluding hydrogens is 354 g/mol. The van der Waals surface area contributed by atoms with Crippen LogP contribution in [0.2, 0.25) is 0 Å². The molecule has 0 atom stereocenters. The van der Waals surface area contributed by atoms with Crippen molar-refractivity contribution in [2.75, 3.05) is 5.75 Å². The smallest absolute Gasteiger partial charge is 0.230 e. The minimum atomic E-state index is 0.0119. The number of aromatic nitrogens is 2. The second kappa shape index (κ2) is 9.42. The van der Waals surface area contributed by atoms with Gasteiger partial charge in [0.2, 0.25) is 5.91 Å². The average Bonchev–Trinajstić information content (AvgIpc) is 3.18. The minimum absolute atomic E-state index is 0.0119. The number of nitrogens with one attached hydrogen (secondary N) is 1. The van der Waals surface area contributed by atoms with Crippen LogP contribution in [0.1, 0.15) is 30.5 Å². The highest BCUT2D eigenvalue weighted by Gasteiger charge is 2.14. The summed E-state index contributed by atoms with van der Waals surface area (Å²) in [6, 6.07) is 16.4. The fraction of sp³-hybridized carbons (Fsp3) is 0.273. The number of thioether (sulfide) groups is 1. The molecule has 0 saturated carbocycles. The van der Waals surface area contributed by atoms with E-state index in [9.17, 15) is 4.79 Å². The number of hydrogen-bond acceptors (Lipinski definition) is 3. The number of benzene rings is 2. The first-order chi connectivity index (χ1) is 13.2. The van der Waals surface area contributed by atoms with Crippen molar-refractivity contribution in [2.24, 2.45) is 0 Å². The van der Waals surface area contributed by atoms with Gasteiger partial charge in [0.1, 0.15) is 0 Å².